The van der Waals surface area contributed by atoms with E-state index >= 15 is 0 Å². The highest BCUT2D eigenvalue weighted by atomic mass is 32.2. The lowest BCUT2D eigenvalue weighted by molar-refractivity contribution is 0.0540. The number of nitrogens with two attached hydrogens (primary N) is 1. The van der Waals surface area contributed by atoms with Gasteiger partial charge >= 0.3 is 12.2 Å². The summed E-state index contributed by atoms with van der Waals surface area (Å²) < 4.78 is 18.8. The zero-order valence-corrected chi connectivity index (χ0v) is 25.3. The number of ether oxygens (including phenoxy) is 2. The molecule has 2 aromatic carbocycles. The zero-order valence-electron chi connectivity index (χ0n) is 24.5. The minimum absolute atomic E-state index is 0.261. The average molecular weight is 556 g/mol. The molecule has 0 saturated carbocycles. The second kappa shape index (κ2) is 11.9. The third-order valence-electron chi connectivity index (χ3n) is 5.94. The summed E-state index contributed by atoms with van der Waals surface area (Å²) in [7, 11) is 0. The van der Waals surface area contributed by atoms with E-state index in [0.717, 1.165) is 33.3 Å². The highest BCUT2D eigenvalue weighted by Gasteiger charge is 2.27. The fourth-order valence-electron chi connectivity index (χ4n) is 4.40. The number of carbonyl (C=O) groups is 2. The molecule has 1 unspecified atom stereocenters. The van der Waals surface area contributed by atoms with Crippen molar-refractivity contribution in [1.29, 1.82) is 0 Å². The molecule has 3 aromatic rings. The number of rotatable bonds is 7. The summed E-state index contributed by atoms with van der Waals surface area (Å²) in [4.78, 5) is 28.3. The number of anilines is 2. The van der Waals surface area contributed by atoms with Crippen LogP contribution < -0.4 is 10.6 Å². The Morgan fingerprint density at radius 3 is 2.31 bits per heavy atom. The Hall–Kier alpha value is -3.17. The fourth-order valence-corrected chi connectivity index (χ4v) is 4.79. The highest BCUT2D eigenvalue weighted by molar-refractivity contribution is 7.93. The summed E-state index contributed by atoms with van der Waals surface area (Å²) in [6, 6.07) is 11.3. The molecule has 0 saturated heterocycles. The van der Waals surface area contributed by atoms with Gasteiger partial charge in [0, 0.05) is 35.6 Å². The second-order valence-corrected chi connectivity index (χ2v) is 12.1. The van der Waals surface area contributed by atoms with E-state index in [9.17, 15) is 9.59 Å². The average Bonchev–Trinajstić information content (AvgIpc) is 3.17. The predicted octanol–water partition coefficient (Wildman–Crippen LogP) is 7.65. The van der Waals surface area contributed by atoms with Crippen molar-refractivity contribution < 1.29 is 23.2 Å². The van der Waals surface area contributed by atoms with Crippen molar-refractivity contribution in [3.05, 3.63) is 59.3 Å². The van der Waals surface area contributed by atoms with Crippen molar-refractivity contribution >= 4 is 46.5 Å². The van der Waals surface area contributed by atoms with Gasteiger partial charge in [0.15, 0.2) is 0 Å². The van der Waals surface area contributed by atoms with Crippen molar-refractivity contribution in [2.75, 3.05) is 23.4 Å². The van der Waals surface area contributed by atoms with Crippen LogP contribution in [0.1, 0.15) is 71.3 Å². The van der Waals surface area contributed by atoms with Crippen molar-refractivity contribution in [2.45, 2.75) is 79.1 Å². The first kappa shape index (κ1) is 30.4. The topological polar surface area (TPSA) is 96.0 Å². The number of benzene rings is 2. The van der Waals surface area contributed by atoms with Gasteiger partial charge in [0.2, 0.25) is 0 Å². The van der Waals surface area contributed by atoms with Gasteiger partial charge in [0.25, 0.3) is 0 Å². The van der Waals surface area contributed by atoms with Crippen LogP contribution in [0.4, 0.5) is 21.0 Å². The first-order valence-corrected chi connectivity index (χ1v) is 14.2. The Morgan fingerprint density at radius 1 is 1.05 bits per heavy atom. The van der Waals surface area contributed by atoms with Crippen LogP contribution in [0.15, 0.2) is 42.6 Å². The molecule has 0 spiro atoms. The van der Waals surface area contributed by atoms with E-state index in [0.29, 0.717) is 18.7 Å². The molecule has 0 aliphatic rings. The number of hydrogen-bond acceptors (Lipinski definition) is 7. The van der Waals surface area contributed by atoms with Crippen LogP contribution in [0.2, 0.25) is 0 Å². The summed E-state index contributed by atoms with van der Waals surface area (Å²) >= 11 is 1.27. The minimum atomic E-state index is -0.662. The Bertz CT molecular complexity index is 1340. The molecule has 9 heteroatoms. The molecule has 2 N–H and O–H groups in total. The molecule has 0 aliphatic heterocycles. The molecule has 0 aliphatic carbocycles. The molecule has 0 fully saturated rings. The van der Waals surface area contributed by atoms with Gasteiger partial charge in [-0.15, -0.1) is 0 Å². The van der Waals surface area contributed by atoms with Gasteiger partial charge in [-0.05, 0) is 103 Å². The normalized spacial score (nSPS) is 12.8. The van der Waals surface area contributed by atoms with E-state index < -0.39 is 23.4 Å². The molecule has 39 heavy (non-hydrogen) atoms. The van der Waals surface area contributed by atoms with E-state index in [1.165, 1.54) is 12.0 Å². The minimum Gasteiger partial charge on any atom is -0.443 e. The zero-order chi connectivity index (χ0) is 29.1. The number of nitrogen functional groups attached to an aromatic ring is 1. The smallest absolute Gasteiger partial charge is 0.419 e. The van der Waals surface area contributed by atoms with Crippen LogP contribution in [0.3, 0.4) is 0 Å². The van der Waals surface area contributed by atoms with Crippen LogP contribution in [-0.2, 0) is 20.1 Å². The summed E-state index contributed by atoms with van der Waals surface area (Å²) in [6.07, 6.45) is 2.95. The van der Waals surface area contributed by atoms with Gasteiger partial charge in [0.05, 0.1) is 17.3 Å². The predicted molar refractivity (Wildman–Crippen MR) is 159 cm³/mol. The largest absolute Gasteiger partial charge is 0.443 e. The van der Waals surface area contributed by atoms with Crippen molar-refractivity contribution in [2.24, 2.45) is 0 Å². The molecule has 1 heterocycles. The molecule has 1 amide bonds. The first-order valence-electron chi connectivity index (χ1n) is 13.0. The van der Waals surface area contributed by atoms with E-state index in [1.807, 2.05) is 92.0 Å². The second-order valence-electron chi connectivity index (χ2n) is 11.6. The Balaban J connectivity index is 2.08. The van der Waals surface area contributed by atoms with Gasteiger partial charge in [0.1, 0.15) is 11.2 Å². The Labute approximate surface area is 236 Å². The molecule has 0 bridgehead atoms. The lowest BCUT2D eigenvalue weighted by atomic mass is 10.0. The monoisotopic (exact) mass is 555 g/mol. The number of carbonyl (C=O) groups excluding carboxylic acids is 2. The maximum absolute atomic E-state index is 13.3. The maximum Gasteiger partial charge on any atom is 0.419 e. The van der Waals surface area contributed by atoms with Crippen molar-refractivity contribution in [3.8, 4) is 0 Å². The highest BCUT2D eigenvalue weighted by Crippen LogP contribution is 2.33. The molecule has 212 valence electrons. The lowest BCUT2D eigenvalue weighted by Gasteiger charge is -2.28. The number of hydrogen-bond donors (Lipinski definition) is 1. The summed E-state index contributed by atoms with van der Waals surface area (Å²) in [5, 5.41) is 0.896. The van der Waals surface area contributed by atoms with E-state index in [2.05, 4.69) is 0 Å². The molecule has 3 rings (SSSR count). The molecular formula is C30H41N3O5S. The Kier molecular flexibility index (Phi) is 9.28. The third-order valence-corrected chi connectivity index (χ3v) is 6.42. The van der Waals surface area contributed by atoms with E-state index in [4.69, 9.17) is 19.4 Å². The van der Waals surface area contributed by atoms with Crippen LogP contribution in [-0.4, -0.2) is 40.8 Å². The van der Waals surface area contributed by atoms with Crippen molar-refractivity contribution in [1.82, 2.24) is 4.57 Å². The van der Waals surface area contributed by atoms with E-state index in [1.54, 1.807) is 21.7 Å². The quantitative estimate of drug-likeness (QED) is 0.236. The molecular weight excluding hydrogens is 514 g/mol. The summed E-state index contributed by atoms with van der Waals surface area (Å²) in [5.74, 6) is 0. The number of fused-ring (bicyclic) bond motifs is 1. The number of amides is 1. The molecule has 1 aromatic heterocycles. The van der Waals surface area contributed by atoms with Crippen LogP contribution in [0.5, 0.6) is 0 Å². The maximum atomic E-state index is 13.3. The number of aryl methyl sites for hydroxylation is 1. The third kappa shape index (κ3) is 7.70. The van der Waals surface area contributed by atoms with Gasteiger partial charge < -0.3 is 19.4 Å². The van der Waals surface area contributed by atoms with Crippen LogP contribution >= 0.6 is 12.0 Å². The molecule has 1 atom stereocenters. The van der Waals surface area contributed by atoms with Gasteiger partial charge in [-0.1, -0.05) is 18.2 Å². The lowest BCUT2D eigenvalue weighted by Crippen LogP contribution is -2.38. The van der Waals surface area contributed by atoms with Gasteiger partial charge in [-0.2, -0.15) is 0 Å². The standard InChI is InChI=1S/C30H41N3O5S/c1-19-17-22(31)13-14-25(19)32(27(34)36-29(3,4)5)16-15-21-18-33(28(35)37-30(6,7)8)26-23(20(2)38-39-9)11-10-12-24(21)26/h10-14,17-18,20H,15-16,31H2,1-9H3. The first-order chi connectivity index (χ1) is 18.1. The summed E-state index contributed by atoms with van der Waals surface area (Å²) in [5.41, 5.74) is 9.36. The van der Waals surface area contributed by atoms with Gasteiger partial charge in [-0.3, -0.25) is 9.47 Å². The molecule has 0 radical (unpaired) electrons. The van der Waals surface area contributed by atoms with E-state index in [-0.39, 0.29) is 6.10 Å². The molecule has 8 nitrogen and oxygen atoms in total. The van der Waals surface area contributed by atoms with Gasteiger partial charge in [-0.25, -0.2) is 9.59 Å². The Morgan fingerprint density at radius 2 is 1.72 bits per heavy atom. The summed E-state index contributed by atoms with van der Waals surface area (Å²) in [6.45, 7) is 15.2. The number of para-hydroxylation sites is 1. The SMILES string of the molecule is CSOC(C)c1cccc2c(CCN(C(=O)OC(C)(C)C)c3ccc(N)cc3C)cn(C(=O)OC(C)(C)C)c12. The van der Waals surface area contributed by atoms with Crippen LogP contribution in [0, 0.1) is 6.92 Å². The van der Waals surface area contributed by atoms with Crippen molar-refractivity contribution in [3.63, 3.8) is 0 Å². The number of nitrogens with zero attached hydrogens (tertiary/aromatic N) is 2. The fraction of sp³-hybridized carbons (Fsp3) is 0.467. The number of aromatic nitrogens is 1. The van der Waals surface area contributed by atoms with Crippen LogP contribution in [0.25, 0.3) is 10.9 Å².